The normalized spacial score (nSPS) is 14.1. The topological polar surface area (TPSA) is 60.7 Å². The van der Waals surface area contributed by atoms with Gasteiger partial charge in [0.05, 0.1) is 24.4 Å². The van der Waals surface area contributed by atoms with Gasteiger partial charge in [-0.3, -0.25) is 4.79 Å². The van der Waals surface area contributed by atoms with E-state index in [1.165, 1.54) is 0 Å². The van der Waals surface area contributed by atoms with E-state index in [4.69, 9.17) is 4.98 Å². The highest BCUT2D eigenvalue weighted by atomic mass is 16.1. The highest BCUT2D eigenvalue weighted by Gasteiger charge is 2.38. The summed E-state index contributed by atoms with van der Waals surface area (Å²) in [6.07, 6.45) is 10.8. The maximum atomic E-state index is 13.3. The van der Waals surface area contributed by atoms with E-state index in [1.807, 2.05) is 48.8 Å². The highest BCUT2D eigenvalue weighted by Crippen LogP contribution is 2.41. The number of carbonyl (C=O) groups is 1. The number of aryl methyl sites for hydroxylation is 1. The molecule has 2 heterocycles. The standard InChI is InChI=1S/C37H28N4O/c42-36-28(20-21-29-23-39-40-24-34(29)36)22-27-12-10-11-19-33(27)35-25-41(26-38-35)37(30-13-4-1-5-14-30,31-15-6-2-7-16-31)32-17-8-3-9-18-32/h1-19,22-26H,20-21H2. The molecule has 0 N–H and O–H groups in total. The van der Waals surface area contributed by atoms with E-state index in [-0.39, 0.29) is 5.78 Å². The molecule has 6 aromatic rings. The maximum Gasteiger partial charge on any atom is 0.190 e. The molecule has 0 amide bonds. The summed E-state index contributed by atoms with van der Waals surface area (Å²) in [4.78, 5) is 18.3. The number of allylic oxidation sites excluding steroid dienone is 1. The van der Waals surface area contributed by atoms with Crippen LogP contribution in [0.25, 0.3) is 17.3 Å². The third kappa shape index (κ3) is 4.36. The Morgan fingerprint density at radius 2 is 1.21 bits per heavy atom. The summed E-state index contributed by atoms with van der Waals surface area (Å²) in [5.41, 5.74) is 7.90. The number of ketones is 1. The number of rotatable bonds is 6. The molecule has 2 aromatic heterocycles. The Balaban J connectivity index is 1.38. The summed E-state index contributed by atoms with van der Waals surface area (Å²) in [5, 5.41) is 7.90. The van der Waals surface area contributed by atoms with Crippen LogP contribution in [0.15, 0.2) is 146 Å². The first-order chi connectivity index (χ1) is 20.7. The number of hydrogen-bond acceptors (Lipinski definition) is 4. The second-order valence-corrected chi connectivity index (χ2v) is 10.5. The van der Waals surface area contributed by atoms with E-state index in [1.54, 1.807) is 12.4 Å². The second kappa shape index (κ2) is 10.9. The van der Waals surface area contributed by atoms with Gasteiger partial charge in [-0.1, -0.05) is 115 Å². The van der Waals surface area contributed by atoms with Gasteiger partial charge in [-0.05, 0) is 46.7 Å². The maximum absolute atomic E-state index is 13.3. The number of Topliss-reactive ketones (excluding diaryl/α,β-unsaturated/α-hetero) is 1. The quantitative estimate of drug-likeness (QED) is 0.162. The van der Waals surface area contributed by atoms with Crippen LogP contribution in [0.1, 0.15) is 44.6 Å². The van der Waals surface area contributed by atoms with Crippen molar-refractivity contribution in [2.45, 2.75) is 18.4 Å². The molecule has 0 saturated heterocycles. The number of carbonyl (C=O) groups excluding carboxylic acids is 1. The fraction of sp³-hybridized carbons (Fsp3) is 0.0811. The lowest BCUT2D eigenvalue weighted by molar-refractivity contribution is 0.102. The number of nitrogens with zero attached hydrogens (tertiary/aromatic N) is 4. The van der Waals surface area contributed by atoms with Gasteiger partial charge < -0.3 is 4.57 Å². The molecule has 0 bridgehead atoms. The largest absolute Gasteiger partial charge is 0.318 e. The van der Waals surface area contributed by atoms with Gasteiger partial charge in [0.1, 0.15) is 5.54 Å². The molecule has 202 valence electrons. The summed E-state index contributed by atoms with van der Waals surface area (Å²) in [7, 11) is 0. The van der Waals surface area contributed by atoms with E-state index in [0.717, 1.165) is 51.1 Å². The van der Waals surface area contributed by atoms with Gasteiger partial charge in [0, 0.05) is 22.9 Å². The molecule has 1 aliphatic rings. The summed E-state index contributed by atoms with van der Waals surface area (Å²) in [6.45, 7) is 0. The first-order valence-electron chi connectivity index (χ1n) is 14.1. The Hall–Kier alpha value is -5.42. The Bertz CT molecular complexity index is 1800. The van der Waals surface area contributed by atoms with E-state index in [2.05, 4.69) is 99.8 Å². The van der Waals surface area contributed by atoms with Crippen LogP contribution < -0.4 is 0 Å². The van der Waals surface area contributed by atoms with Gasteiger partial charge in [-0.25, -0.2) is 4.98 Å². The summed E-state index contributed by atoms with van der Waals surface area (Å²) < 4.78 is 2.22. The number of aromatic nitrogens is 4. The lowest BCUT2D eigenvalue weighted by Gasteiger charge is -2.37. The average molecular weight is 545 g/mol. The predicted molar refractivity (Wildman–Crippen MR) is 165 cm³/mol. The highest BCUT2D eigenvalue weighted by molar-refractivity contribution is 6.13. The molecule has 4 aromatic carbocycles. The summed E-state index contributed by atoms with van der Waals surface area (Å²) in [5.74, 6) is 0.0164. The predicted octanol–water partition coefficient (Wildman–Crippen LogP) is 7.39. The second-order valence-electron chi connectivity index (χ2n) is 10.5. The minimum Gasteiger partial charge on any atom is -0.318 e. The van der Waals surface area contributed by atoms with E-state index < -0.39 is 5.54 Å². The zero-order valence-electron chi connectivity index (χ0n) is 23.0. The molecule has 0 radical (unpaired) electrons. The molecule has 0 fully saturated rings. The van der Waals surface area contributed by atoms with Crippen molar-refractivity contribution < 1.29 is 4.79 Å². The van der Waals surface area contributed by atoms with Crippen molar-refractivity contribution >= 4 is 11.9 Å². The molecule has 0 saturated carbocycles. The van der Waals surface area contributed by atoms with Crippen molar-refractivity contribution in [2.75, 3.05) is 0 Å². The Kier molecular flexibility index (Phi) is 6.61. The Morgan fingerprint density at radius 1 is 0.643 bits per heavy atom. The van der Waals surface area contributed by atoms with Gasteiger partial charge in [0.2, 0.25) is 0 Å². The van der Waals surface area contributed by atoms with Crippen LogP contribution in [0.5, 0.6) is 0 Å². The van der Waals surface area contributed by atoms with Crippen LogP contribution in [-0.4, -0.2) is 25.5 Å². The lowest BCUT2D eigenvalue weighted by atomic mass is 9.77. The molecule has 0 spiro atoms. The average Bonchev–Trinajstić information content (AvgIpc) is 3.55. The van der Waals surface area contributed by atoms with Crippen LogP contribution in [0, 0.1) is 0 Å². The monoisotopic (exact) mass is 544 g/mol. The lowest BCUT2D eigenvalue weighted by Crippen LogP contribution is -2.36. The minimum atomic E-state index is -0.646. The molecular weight excluding hydrogens is 516 g/mol. The van der Waals surface area contributed by atoms with Crippen LogP contribution in [0.4, 0.5) is 0 Å². The molecule has 0 aliphatic heterocycles. The molecule has 0 atom stereocenters. The first kappa shape index (κ1) is 25.5. The van der Waals surface area contributed by atoms with Crippen LogP contribution in [0.3, 0.4) is 0 Å². The zero-order valence-corrected chi connectivity index (χ0v) is 23.0. The van der Waals surface area contributed by atoms with Gasteiger partial charge in [-0.15, -0.1) is 0 Å². The van der Waals surface area contributed by atoms with Gasteiger partial charge in [0.25, 0.3) is 0 Å². The van der Waals surface area contributed by atoms with Crippen molar-refractivity contribution in [3.8, 4) is 11.3 Å². The van der Waals surface area contributed by atoms with Crippen molar-refractivity contribution in [3.63, 3.8) is 0 Å². The van der Waals surface area contributed by atoms with Crippen molar-refractivity contribution in [1.29, 1.82) is 0 Å². The zero-order chi connectivity index (χ0) is 28.4. The Morgan fingerprint density at radius 3 is 1.86 bits per heavy atom. The number of hydrogen-bond donors (Lipinski definition) is 0. The van der Waals surface area contributed by atoms with E-state index in [0.29, 0.717) is 12.0 Å². The molecular formula is C37H28N4O. The van der Waals surface area contributed by atoms with Crippen molar-refractivity contribution in [1.82, 2.24) is 19.7 Å². The fourth-order valence-electron chi connectivity index (χ4n) is 6.12. The number of benzene rings is 4. The molecule has 7 rings (SSSR count). The fourth-order valence-corrected chi connectivity index (χ4v) is 6.12. The van der Waals surface area contributed by atoms with Crippen molar-refractivity contribution in [3.05, 3.63) is 179 Å². The van der Waals surface area contributed by atoms with Crippen LogP contribution in [0.2, 0.25) is 0 Å². The minimum absolute atomic E-state index is 0.0164. The third-order valence-corrected chi connectivity index (χ3v) is 8.12. The number of fused-ring (bicyclic) bond motifs is 1. The summed E-state index contributed by atoms with van der Waals surface area (Å²) >= 11 is 0. The summed E-state index contributed by atoms with van der Waals surface area (Å²) in [6, 6.07) is 39.8. The number of imidazole rings is 1. The molecule has 5 heteroatoms. The van der Waals surface area contributed by atoms with Gasteiger partial charge in [-0.2, -0.15) is 10.2 Å². The molecule has 42 heavy (non-hydrogen) atoms. The molecule has 5 nitrogen and oxygen atoms in total. The smallest absolute Gasteiger partial charge is 0.190 e. The third-order valence-electron chi connectivity index (χ3n) is 8.12. The van der Waals surface area contributed by atoms with E-state index in [9.17, 15) is 4.79 Å². The van der Waals surface area contributed by atoms with Crippen LogP contribution in [-0.2, 0) is 12.0 Å². The van der Waals surface area contributed by atoms with E-state index >= 15 is 0 Å². The molecule has 1 aliphatic carbocycles. The SMILES string of the molecule is O=C1C(=Cc2ccccc2-c2cn(C(c3ccccc3)(c3ccccc3)c3ccccc3)cn2)CCc2cnncc21. The van der Waals surface area contributed by atoms with Crippen LogP contribution >= 0.6 is 0 Å². The molecule has 0 unspecified atom stereocenters. The van der Waals surface area contributed by atoms with Gasteiger partial charge >= 0.3 is 0 Å². The first-order valence-corrected chi connectivity index (χ1v) is 14.1. The van der Waals surface area contributed by atoms with Gasteiger partial charge in [0.15, 0.2) is 5.78 Å². The van der Waals surface area contributed by atoms with Crippen molar-refractivity contribution in [2.24, 2.45) is 0 Å². The Labute approximate surface area is 244 Å².